The molecule has 142 valence electrons. The third-order valence-corrected chi connectivity index (χ3v) is 4.70. The van der Waals surface area contributed by atoms with Crippen molar-refractivity contribution in [1.82, 2.24) is 19.7 Å². The van der Waals surface area contributed by atoms with Crippen molar-refractivity contribution in [2.24, 2.45) is 0 Å². The summed E-state index contributed by atoms with van der Waals surface area (Å²) in [7, 11) is 3.56. The van der Waals surface area contributed by atoms with Gasteiger partial charge in [0.05, 0.1) is 36.9 Å². The largest absolute Gasteiger partial charge is 0.383 e. The first-order chi connectivity index (χ1) is 13.1. The lowest BCUT2D eigenvalue weighted by atomic mass is 10.1. The molecule has 1 aliphatic heterocycles. The summed E-state index contributed by atoms with van der Waals surface area (Å²) in [5.74, 6) is 0.711. The van der Waals surface area contributed by atoms with Crippen LogP contribution in [0.25, 0.3) is 0 Å². The topological polar surface area (TPSA) is 100 Å². The third kappa shape index (κ3) is 4.41. The number of nitrogens with zero attached hydrogens (tertiary/aromatic N) is 7. The van der Waals surface area contributed by atoms with Gasteiger partial charge < -0.3 is 14.5 Å². The van der Waals surface area contributed by atoms with Gasteiger partial charge in [0.15, 0.2) is 5.69 Å². The van der Waals surface area contributed by atoms with Crippen molar-refractivity contribution < 1.29 is 4.74 Å². The quantitative estimate of drug-likeness (QED) is 0.738. The van der Waals surface area contributed by atoms with E-state index in [2.05, 4.69) is 20.0 Å². The van der Waals surface area contributed by atoms with E-state index in [-0.39, 0.29) is 11.6 Å². The molecule has 9 nitrogen and oxygen atoms in total. The maximum atomic E-state index is 12.6. The molecule has 9 heteroatoms. The lowest BCUT2D eigenvalue weighted by Gasteiger charge is -2.33. The zero-order chi connectivity index (χ0) is 19.2. The molecule has 0 spiro atoms. The molecule has 0 radical (unpaired) electrons. The molecule has 2 aromatic rings. The predicted octanol–water partition coefficient (Wildman–Crippen LogP) is 0.829. The summed E-state index contributed by atoms with van der Waals surface area (Å²) in [5, 5.41) is 13.2. The molecule has 3 heterocycles. The van der Waals surface area contributed by atoms with Crippen molar-refractivity contribution in [2.75, 3.05) is 50.2 Å². The van der Waals surface area contributed by atoms with Gasteiger partial charge in [-0.1, -0.05) is 0 Å². The van der Waals surface area contributed by atoms with Crippen molar-refractivity contribution in [3.05, 3.63) is 40.7 Å². The van der Waals surface area contributed by atoms with Gasteiger partial charge in [-0.15, -0.1) is 0 Å². The van der Waals surface area contributed by atoms with Crippen molar-refractivity contribution in [1.29, 1.82) is 5.26 Å². The molecule has 1 aliphatic rings. The molecule has 3 rings (SSSR count). The highest BCUT2D eigenvalue weighted by atomic mass is 16.5. The zero-order valence-corrected chi connectivity index (χ0v) is 15.6. The van der Waals surface area contributed by atoms with Crippen LogP contribution in [0.1, 0.15) is 24.6 Å². The second-order valence-electron chi connectivity index (χ2n) is 6.52. The summed E-state index contributed by atoms with van der Waals surface area (Å²) >= 11 is 0. The van der Waals surface area contributed by atoms with E-state index in [0.717, 1.165) is 25.1 Å². The number of rotatable bonds is 6. The summed E-state index contributed by atoms with van der Waals surface area (Å²) in [6, 6.07) is 3.56. The monoisotopic (exact) mass is 369 g/mol. The van der Waals surface area contributed by atoms with Gasteiger partial charge in [0.25, 0.3) is 5.56 Å². The van der Waals surface area contributed by atoms with Crippen LogP contribution in [0, 0.1) is 11.3 Å². The molecule has 0 N–H and O–H groups in total. The molecule has 0 bridgehead atoms. The van der Waals surface area contributed by atoms with E-state index >= 15 is 0 Å². The summed E-state index contributed by atoms with van der Waals surface area (Å²) < 4.78 is 6.62. The average Bonchev–Trinajstić information content (AvgIpc) is 2.72. The van der Waals surface area contributed by atoms with Gasteiger partial charge in [0.1, 0.15) is 11.9 Å². The van der Waals surface area contributed by atoms with Gasteiger partial charge in [-0.3, -0.25) is 4.79 Å². The summed E-state index contributed by atoms with van der Waals surface area (Å²) in [5.41, 5.74) is 0.951. The molecule has 0 amide bonds. The van der Waals surface area contributed by atoms with Crippen LogP contribution < -0.4 is 15.4 Å². The van der Waals surface area contributed by atoms with Crippen LogP contribution in [0.2, 0.25) is 0 Å². The Kier molecular flexibility index (Phi) is 5.98. The number of hydrogen-bond donors (Lipinski definition) is 0. The van der Waals surface area contributed by atoms with E-state index in [1.165, 1.54) is 6.20 Å². The van der Waals surface area contributed by atoms with Crippen molar-refractivity contribution in [3.63, 3.8) is 0 Å². The molecule has 1 fully saturated rings. The SMILES string of the molecule is COCCN(C)c1cnn(C2CCCN(c3cnc(C#N)cn3)C2)c(=O)c1. The predicted molar refractivity (Wildman–Crippen MR) is 101 cm³/mol. The molecular formula is C18H23N7O2. The number of piperidine rings is 1. The Balaban J connectivity index is 1.73. The van der Waals surface area contributed by atoms with Gasteiger partial charge in [-0.25, -0.2) is 14.6 Å². The molecular weight excluding hydrogens is 346 g/mol. The standard InChI is InChI=1S/C18H23N7O2/c1-23(6-7-27-2)16-8-18(26)25(22-11-16)15-4-3-5-24(13-15)17-12-20-14(9-19)10-21-17/h8,10-12,15H,3-7,13H2,1-2H3. The van der Waals surface area contributed by atoms with E-state index in [4.69, 9.17) is 10.00 Å². The number of hydrogen-bond acceptors (Lipinski definition) is 8. The molecule has 0 saturated carbocycles. The van der Waals surface area contributed by atoms with Gasteiger partial charge in [-0.05, 0) is 12.8 Å². The van der Waals surface area contributed by atoms with Crippen LogP contribution >= 0.6 is 0 Å². The first-order valence-corrected chi connectivity index (χ1v) is 8.88. The first kappa shape index (κ1) is 18.8. The lowest BCUT2D eigenvalue weighted by Crippen LogP contribution is -2.41. The maximum Gasteiger partial charge on any atom is 0.269 e. The Morgan fingerprint density at radius 2 is 2.22 bits per heavy atom. The van der Waals surface area contributed by atoms with Gasteiger partial charge in [0, 0.05) is 39.9 Å². The van der Waals surface area contributed by atoms with Gasteiger partial charge >= 0.3 is 0 Å². The minimum Gasteiger partial charge on any atom is -0.383 e. The molecule has 0 aromatic carbocycles. The number of nitriles is 1. The van der Waals surface area contributed by atoms with Crippen LogP contribution in [0.15, 0.2) is 29.5 Å². The van der Waals surface area contributed by atoms with Crippen molar-refractivity contribution >= 4 is 11.5 Å². The fourth-order valence-corrected chi connectivity index (χ4v) is 3.15. The highest BCUT2D eigenvalue weighted by Gasteiger charge is 2.24. The summed E-state index contributed by atoms with van der Waals surface area (Å²) in [4.78, 5) is 25.0. The summed E-state index contributed by atoms with van der Waals surface area (Å²) in [6.45, 7) is 2.75. The Bertz CT molecular complexity index is 859. The van der Waals surface area contributed by atoms with Crippen molar-refractivity contribution in [2.45, 2.75) is 18.9 Å². The van der Waals surface area contributed by atoms with E-state index < -0.39 is 0 Å². The van der Waals surface area contributed by atoms with Gasteiger partial charge in [0.2, 0.25) is 0 Å². The van der Waals surface area contributed by atoms with Crippen LogP contribution in [-0.2, 0) is 4.74 Å². The van der Waals surface area contributed by atoms with Crippen LogP contribution in [-0.4, -0.2) is 60.1 Å². The van der Waals surface area contributed by atoms with Crippen LogP contribution in [0.5, 0.6) is 0 Å². The number of ether oxygens (including phenoxy) is 1. The van der Waals surface area contributed by atoms with Crippen molar-refractivity contribution in [3.8, 4) is 6.07 Å². The Morgan fingerprint density at radius 1 is 1.37 bits per heavy atom. The second-order valence-corrected chi connectivity index (χ2v) is 6.52. The molecule has 0 aliphatic carbocycles. The lowest BCUT2D eigenvalue weighted by molar-refractivity contribution is 0.206. The highest BCUT2D eigenvalue weighted by molar-refractivity contribution is 5.42. The summed E-state index contributed by atoms with van der Waals surface area (Å²) in [6.07, 6.45) is 6.60. The number of methoxy groups -OCH3 is 1. The van der Waals surface area contributed by atoms with E-state index in [1.807, 2.05) is 18.0 Å². The Hall–Kier alpha value is -2.99. The Labute approximate surface area is 157 Å². The number of aromatic nitrogens is 4. The fraction of sp³-hybridized carbons (Fsp3) is 0.500. The third-order valence-electron chi connectivity index (χ3n) is 4.70. The smallest absolute Gasteiger partial charge is 0.269 e. The molecule has 1 atom stereocenters. The van der Waals surface area contributed by atoms with E-state index in [9.17, 15) is 4.79 Å². The first-order valence-electron chi connectivity index (χ1n) is 8.88. The fourth-order valence-electron chi connectivity index (χ4n) is 3.15. The van der Waals surface area contributed by atoms with Crippen LogP contribution in [0.3, 0.4) is 0 Å². The number of anilines is 2. The zero-order valence-electron chi connectivity index (χ0n) is 15.6. The minimum atomic E-state index is -0.116. The molecule has 27 heavy (non-hydrogen) atoms. The molecule has 1 unspecified atom stereocenters. The van der Waals surface area contributed by atoms with Gasteiger partial charge in [-0.2, -0.15) is 10.4 Å². The molecule has 2 aromatic heterocycles. The maximum absolute atomic E-state index is 12.6. The minimum absolute atomic E-state index is 0.0259. The van der Waals surface area contributed by atoms with E-state index in [1.54, 1.807) is 30.3 Å². The van der Waals surface area contributed by atoms with E-state index in [0.29, 0.717) is 31.2 Å². The Morgan fingerprint density at radius 3 is 2.89 bits per heavy atom. The normalized spacial score (nSPS) is 16.8. The second kappa shape index (κ2) is 8.60. The highest BCUT2D eigenvalue weighted by Crippen LogP contribution is 2.23. The average molecular weight is 369 g/mol. The van der Waals surface area contributed by atoms with Crippen LogP contribution in [0.4, 0.5) is 11.5 Å². The number of likely N-dealkylation sites (N-methyl/N-ethyl adjacent to an activating group) is 1. The molecule has 1 saturated heterocycles.